The Hall–Kier alpha value is 0.350. The fraction of sp³-hybridized carbons (Fsp3) is 0.909. The standard InChI is InChI=1S/C11H23S/c1-4-7-8-11(6-3)10-12-9-5-2/h11H,2,4-10H2,1,3H3. The molecular weight excluding hydrogens is 164 g/mol. The maximum Gasteiger partial charge on any atom is -0.00392 e. The van der Waals surface area contributed by atoms with Gasteiger partial charge in [0.1, 0.15) is 0 Å². The lowest BCUT2D eigenvalue weighted by Gasteiger charge is -2.12. The van der Waals surface area contributed by atoms with Gasteiger partial charge in [0.25, 0.3) is 0 Å². The molecule has 0 heterocycles. The summed E-state index contributed by atoms with van der Waals surface area (Å²) in [5.74, 6) is 3.55. The molecule has 0 aliphatic rings. The second kappa shape index (κ2) is 9.44. The number of thioether (sulfide) groups is 1. The summed E-state index contributed by atoms with van der Waals surface area (Å²) in [5, 5.41) is 0. The van der Waals surface area contributed by atoms with Crippen molar-refractivity contribution in [1.82, 2.24) is 0 Å². The van der Waals surface area contributed by atoms with E-state index in [-0.39, 0.29) is 0 Å². The van der Waals surface area contributed by atoms with Gasteiger partial charge in [-0.15, -0.1) is 0 Å². The van der Waals surface area contributed by atoms with Crippen molar-refractivity contribution in [3.8, 4) is 0 Å². The monoisotopic (exact) mass is 187 g/mol. The van der Waals surface area contributed by atoms with Gasteiger partial charge in [0.15, 0.2) is 0 Å². The van der Waals surface area contributed by atoms with Crippen molar-refractivity contribution in [2.75, 3.05) is 11.5 Å². The predicted molar refractivity (Wildman–Crippen MR) is 60.6 cm³/mol. The van der Waals surface area contributed by atoms with Gasteiger partial charge in [-0.05, 0) is 30.3 Å². The highest BCUT2D eigenvalue weighted by molar-refractivity contribution is 7.99. The van der Waals surface area contributed by atoms with Crippen LogP contribution in [0, 0.1) is 12.8 Å². The molecule has 0 amide bonds. The maximum atomic E-state index is 3.85. The van der Waals surface area contributed by atoms with Crippen LogP contribution in [0.4, 0.5) is 0 Å². The van der Waals surface area contributed by atoms with Gasteiger partial charge < -0.3 is 0 Å². The maximum absolute atomic E-state index is 3.85. The smallest absolute Gasteiger partial charge is 0.00392 e. The third-order valence-corrected chi connectivity index (χ3v) is 3.47. The Morgan fingerprint density at radius 2 is 2.08 bits per heavy atom. The van der Waals surface area contributed by atoms with Crippen LogP contribution in [0.1, 0.15) is 46.0 Å². The number of unbranched alkanes of at least 4 members (excludes halogenated alkanes) is 1. The van der Waals surface area contributed by atoms with Crippen molar-refractivity contribution in [2.45, 2.75) is 46.0 Å². The van der Waals surface area contributed by atoms with Gasteiger partial charge in [-0.3, -0.25) is 0 Å². The van der Waals surface area contributed by atoms with Crippen molar-refractivity contribution in [2.24, 2.45) is 5.92 Å². The van der Waals surface area contributed by atoms with Crippen LogP contribution in [-0.4, -0.2) is 11.5 Å². The van der Waals surface area contributed by atoms with Crippen molar-refractivity contribution < 1.29 is 0 Å². The Labute approximate surface area is 82.5 Å². The van der Waals surface area contributed by atoms with Crippen LogP contribution < -0.4 is 0 Å². The Morgan fingerprint density at radius 3 is 2.58 bits per heavy atom. The number of hydrogen-bond acceptors (Lipinski definition) is 1. The average Bonchev–Trinajstić information content (AvgIpc) is 2.11. The van der Waals surface area contributed by atoms with Crippen LogP contribution in [0.15, 0.2) is 0 Å². The lowest BCUT2D eigenvalue weighted by Crippen LogP contribution is -2.02. The molecule has 1 atom stereocenters. The Kier molecular flexibility index (Phi) is 9.71. The molecule has 0 N–H and O–H groups in total. The molecule has 0 aliphatic carbocycles. The zero-order chi connectivity index (χ0) is 9.23. The molecule has 0 aliphatic heterocycles. The van der Waals surface area contributed by atoms with Gasteiger partial charge in [-0.2, -0.15) is 11.8 Å². The number of hydrogen-bond donors (Lipinski definition) is 0. The lowest BCUT2D eigenvalue weighted by molar-refractivity contribution is 0.499. The summed E-state index contributed by atoms with van der Waals surface area (Å²) in [6.45, 7) is 8.43. The fourth-order valence-electron chi connectivity index (χ4n) is 1.25. The summed E-state index contributed by atoms with van der Waals surface area (Å²) < 4.78 is 0. The molecule has 1 heteroatoms. The van der Waals surface area contributed by atoms with Crippen LogP contribution in [0.2, 0.25) is 0 Å². The normalized spacial score (nSPS) is 13.2. The Bertz CT molecular complexity index is 81.1. The van der Waals surface area contributed by atoms with Gasteiger partial charge >= 0.3 is 0 Å². The molecule has 0 aromatic heterocycles. The first kappa shape index (κ1) is 12.3. The zero-order valence-corrected chi connectivity index (χ0v) is 9.46. The van der Waals surface area contributed by atoms with Crippen LogP contribution in [0.25, 0.3) is 0 Å². The van der Waals surface area contributed by atoms with Crippen molar-refractivity contribution in [3.63, 3.8) is 0 Å². The molecule has 0 bridgehead atoms. The quantitative estimate of drug-likeness (QED) is 0.514. The first-order valence-electron chi connectivity index (χ1n) is 5.22. The summed E-state index contributed by atoms with van der Waals surface area (Å²) in [6.07, 6.45) is 6.61. The van der Waals surface area contributed by atoms with Crippen molar-refractivity contribution >= 4 is 11.8 Å². The molecule has 0 saturated carbocycles. The van der Waals surface area contributed by atoms with E-state index in [2.05, 4.69) is 32.5 Å². The molecule has 0 fully saturated rings. The molecule has 0 saturated heterocycles. The van der Waals surface area contributed by atoms with E-state index < -0.39 is 0 Å². The highest BCUT2D eigenvalue weighted by atomic mass is 32.2. The summed E-state index contributed by atoms with van der Waals surface area (Å²) in [5.41, 5.74) is 0. The number of rotatable bonds is 8. The molecule has 0 spiro atoms. The first-order valence-corrected chi connectivity index (χ1v) is 6.37. The van der Waals surface area contributed by atoms with E-state index in [0.717, 1.165) is 12.3 Å². The summed E-state index contributed by atoms with van der Waals surface area (Å²) in [7, 11) is 0. The van der Waals surface area contributed by atoms with E-state index in [0.29, 0.717) is 0 Å². The SMILES string of the molecule is [CH2]CCSCC(CC)CCCC. The van der Waals surface area contributed by atoms with Gasteiger partial charge in [0.05, 0.1) is 0 Å². The van der Waals surface area contributed by atoms with E-state index in [1.54, 1.807) is 0 Å². The highest BCUT2D eigenvalue weighted by Gasteiger charge is 2.04. The molecule has 0 nitrogen and oxygen atoms in total. The first-order chi connectivity index (χ1) is 5.85. The van der Waals surface area contributed by atoms with Gasteiger partial charge in [-0.25, -0.2) is 0 Å². The third-order valence-electron chi connectivity index (χ3n) is 2.19. The fourth-order valence-corrected chi connectivity index (χ4v) is 2.36. The van der Waals surface area contributed by atoms with E-state index in [9.17, 15) is 0 Å². The summed E-state index contributed by atoms with van der Waals surface area (Å²) in [4.78, 5) is 0. The minimum atomic E-state index is 0.960. The predicted octanol–water partition coefficient (Wildman–Crippen LogP) is 4.16. The minimum Gasteiger partial charge on any atom is -0.162 e. The molecule has 0 aromatic rings. The molecule has 73 valence electrons. The van der Waals surface area contributed by atoms with Crippen molar-refractivity contribution in [1.29, 1.82) is 0 Å². The molecule has 1 unspecified atom stereocenters. The average molecular weight is 187 g/mol. The second-order valence-corrected chi connectivity index (χ2v) is 4.49. The lowest BCUT2D eigenvalue weighted by atomic mass is 10.0. The van der Waals surface area contributed by atoms with Gasteiger partial charge in [0.2, 0.25) is 0 Å². The third kappa shape index (κ3) is 7.02. The Morgan fingerprint density at radius 1 is 1.33 bits per heavy atom. The van der Waals surface area contributed by atoms with E-state index >= 15 is 0 Å². The summed E-state index contributed by atoms with van der Waals surface area (Å²) in [6, 6.07) is 0. The zero-order valence-electron chi connectivity index (χ0n) is 8.64. The topological polar surface area (TPSA) is 0 Å². The molecule has 1 radical (unpaired) electrons. The van der Waals surface area contributed by atoms with E-state index in [4.69, 9.17) is 0 Å². The van der Waals surface area contributed by atoms with Gasteiger partial charge in [0, 0.05) is 0 Å². The van der Waals surface area contributed by atoms with Crippen LogP contribution in [0.5, 0.6) is 0 Å². The highest BCUT2D eigenvalue weighted by Crippen LogP contribution is 2.18. The summed E-state index contributed by atoms with van der Waals surface area (Å²) >= 11 is 2.07. The molecular formula is C11H23S. The second-order valence-electron chi connectivity index (χ2n) is 3.34. The van der Waals surface area contributed by atoms with E-state index in [1.807, 2.05) is 0 Å². The van der Waals surface area contributed by atoms with Gasteiger partial charge in [-0.1, -0.05) is 40.0 Å². The largest absolute Gasteiger partial charge is 0.162 e. The van der Waals surface area contributed by atoms with Crippen LogP contribution >= 0.6 is 11.8 Å². The molecule has 0 rings (SSSR count). The van der Waals surface area contributed by atoms with Crippen molar-refractivity contribution in [3.05, 3.63) is 6.92 Å². The Balaban J connectivity index is 3.26. The van der Waals surface area contributed by atoms with Crippen LogP contribution in [0.3, 0.4) is 0 Å². The van der Waals surface area contributed by atoms with Crippen LogP contribution in [-0.2, 0) is 0 Å². The molecule has 12 heavy (non-hydrogen) atoms. The van der Waals surface area contributed by atoms with E-state index in [1.165, 1.54) is 37.2 Å². The molecule has 0 aromatic carbocycles. The minimum absolute atomic E-state index is 0.960.